The van der Waals surface area contributed by atoms with Crippen molar-refractivity contribution in [1.29, 1.82) is 0 Å². The van der Waals surface area contributed by atoms with Crippen LogP contribution in [0, 0.1) is 0 Å². The number of hydrogen-bond donors (Lipinski definition) is 3. The van der Waals surface area contributed by atoms with Crippen LogP contribution in [0.15, 0.2) is 24.3 Å². The van der Waals surface area contributed by atoms with Gasteiger partial charge >= 0.3 is 5.97 Å². The molecule has 0 amide bonds. The highest BCUT2D eigenvalue weighted by Crippen LogP contribution is 2.31. The Morgan fingerprint density at radius 2 is 2.24 bits per heavy atom. The van der Waals surface area contributed by atoms with Gasteiger partial charge in [0.05, 0.1) is 6.42 Å². The molecule has 0 fully saturated rings. The molecule has 0 saturated heterocycles. The van der Waals surface area contributed by atoms with Crippen molar-refractivity contribution in [3.05, 3.63) is 35.5 Å². The Kier molecular flexibility index (Phi) is 2.37. The number of carboxylic acids is 1. The third kappa shape index (κ3) is 1.70. The largest absolute Gasteiger partial charge is 0.481 e. The molecule has 0 radical (unpaired) electrons. The average Bonchev–Trinajstić information content (AvgIpc) is 2.68. The van der Waals surface area contributed by atoms with E-state index in [9.17, 15) is 4.79 Å². The summed E-state index contributed by atoms with van der Waals surface area (Å²) in [6.07, 6.45) is 0.173. The predicted molar refractivity (Wildman–Crippen MR) is 65.0 cm³/mol. The summed E-state index contributed by atoms with van der Waals surface area (Å²) in [6, 6.07) is 8.11. The standard InChI is InChI=1S/C13H14N2O2/c16-12(17)5-8-6-14-7-10-9-3-1-2-4-11(9)15-13(8)10/h1-4,8,14-15H,5-7H2,(H,16,17). The normalized spacial score (nSPS) is 19.2. The van der Waals surface area contributed by atoms with Gasteiger partial charge in [-0.05, 0) is 11.6 Å². The maximum absolute atomic E-state index is 10.9. The first kappa shape index (κ1) is 10.4. The molecule has 3 rings (SSSR count). The zero-order valence-corrected chi connectivity index (χ0v) is 9.36. The van der Waals surface area contributed by atoms with E-state index in [2.05, 4.69) is 16.4 Å². The number of para-hydroxylation sites is 1. The Morgan fingerprint density at radius 1 is 1.41 bits per heavy atom. The topological polar surface area (TPSA) is 65.1 Å². The van der Waals surface area contributed by atoms with Crippen LogP contribution in [0.4, 0.5) is 0 Å². The van der Waals surface area contributed by atoms with Gasteiger partial charge < -0.3 is 15.4 Å². The molecule has 0 spiro atoms. The summed E-state index contributed by atoms with van der Waals surface area (Å²) >= 11 is 0. The summed E-state index contributed by atoms with van der Waals surface area (Å²) in [5.41, 5.74) is 3.40. The summed E-state index contributed by atoms with van der Waals surface area (Å²) in [5.74, 6) is -0.702. The number of H-pyrrole nitrogens is 1. The Balaban J connectivity index is 2.10. The van der Waals surface area contributed by atoms with Gasteiger partial charge in [-0.1, -0.05) is 18.2 Å². The van der Waals surface area contributed by atoms with Crippen molar-refractivity contribution in [3.8, 4) is 0 Å². The van der Waals surface area contributed by atoms with Gasteiger partial charge in [-0.25, -0.2) is 0 Å². The van der Waals surface area contributed by atoms with Crippen LogP contribution in [-0.2, 0) is 11.3 Å². The fourth-order valence-corrected chi connectivity index (χ4v) is 2.62. The fourth-order valence-electron chi connectivity index (χ4n) is 2.62. The highest BCUT2D eigenvalue weighted by molar-refractivity contribution is 5.85. The molecular formula is C13H14N2O2. The first-order valence-corrected chi connectivity index (χ1v) is 5.77. The minimum atomic E-state index is -0.747. The monoisotopic (exact) mass is 230 g/mol. The van der Waals surface area contributed by atoms with E-state index in [4.69, 9.17) is 5.11 Å². The van der Waals surface area contributed by atoms with E-state index in [1.54, 1.807) is 0 Å². The van der Waals surface area contributed by atoms with Crippen molar-refractivity contribution in [2.24, 2.45) is 0 Å². The number of aliphatic carboxylic acids is 1. The highest BCUT2D eigenvalue weighted by Gasteiger charge is 2.25. The molecule has 2 aromatic rings. The third-order valence-electron chi connectivity index (χ3n) is 3.37. The summed E-state index contributed by atoms with van der Waals surface area (Å²) in [6.45, 7) is 1.54. The number of benzene rings is 1. The van der Waals surface area contributed by atoms with Crippen molar-refractivity contribution in [2.45, 2.75) is 18.9 Å². The molecule has 2 heterocycles. The zero-order valence-electron chi connectivity index (χ0n) is 9.36. The van der Waals surface area contributed by atoms with E-state index in [1.165, 1.54) is 10.9 Å². The summed E-state index contributed by atoms with van der Waals surface area (Å²) in [4.78, 5) is 14.2. The van der Waals surface area contributed by atoms with Crippen molar-refractivity contribution in [3.63, 3.8) is 0 Å². The van der Waals surface area contributed by atoms with E-state index in [-0.39, 0.29) is 12.3 Å². The van der Waals surface area contributed by atoms with Gasteiger partial charge in [0.1, 0.15) is 0 Å². The van der Waals surface area contributed by atoms with Crippen molar-refractivity contribution in [2.75, 3.05) is 6.54 Å². The van der Waals surface area contributed by atoms with Gasteiger partial charge in [-0.2, -0.15) is 0 Å². The lowest BCUT2D eigenvalue weighted by Crippen LogP contribution is -2.29. The quantitative estimate of drug-likeness (QED) is 0.737. The summed E-state index contributed by atoms with van der Waals surface area (Å²) in [7, 11) is 0. The van der Waals surface area contributed by atoms with Gasteiger partial charge in [-0.15, -0.1) is 0 Å². The van der Waals surface area contributed by atoms with Gasteiger partial charge in [0.25, 0.3) is 0 Å². The van der Waals surface area contributed by atoms with Gasteiger partial charge in [-0.3, -0.25) is 4.79 Å². The second-order valence-electron chi connectivity index (χ2n) is 4.49. The van der Waals surface area contributed by atoms with E-state index < -0.39 is 5.97 Å². The maximum Gasteiger partial charge on any atom is 0.304 e. The number of rotatable bonds is 2. The number of carbonyl (C=O) groups is 1. The van der Waals surface area contributed by atoms with E-state index in [1.807, 2.05) is 18.2 Å². The molecule has 1 aliphatic heterocycles. The fraction of sp³-hybridized carbons (Fsp3) is 0.308. The summed E-state index contributed by atoms with van der Waals surface area (Å²) in [5, 5.41) is 13.4. The van der Waals surface area contributed by atoms with Crippen molar-refractivity contribution < 1.29 is 9.90 Å². The van der Waals surface area contributed by atoms with Crippen LogP contribution < -0.4 is 5.32 Å². The molecule has 17 heavy (non-hydrogen) atoms. The molecule has 0 bridgehead atoms. The number of carboxylic acid groups (broad SMARTS) is 1. The van der Waals surface area contributed by atoms with Gasteiger partial charge in [0.15, 0.2) is 0 Å². The lowest BCUT2D eigenvalue weighted by atomic mass is 9.94. The van der Waals surface area contributed by atoms with Crippen LogP contribution in [0.5, 0.6) is 0 Å². The van der Waals surface area contributed by atoms with Crippen LogP contribution in [0.1, 0.15) is 23.6 Å². The SMILES string of the molecule is O=C(O)CC1CNCc2c1[nH]c1ccccc21. The highest BCUT2D eigenvalue weighted by atomic mass is 16.4. The molecule has 3 N–H and O–H groups in total. The first-order valence-electron chi connectivity index (χ1n) is 5.77. The second kappa shape index (κ2) is 3.89. The van der Waals surface area contributed by atoms with E-state index in [0.29, 0.717) is 0 Å². The number of hydrogen-bond acceptors (Lipinski definition) is 2. The summed E-state index contributed by atoms with van der Waals surface area (Å²) < 4.78 is 0. The Morgan fingerprint density at radius 3 is 3.06 bits per heavy atom. The van der Waals surface area contributed by atoms with Crippen LogP contribution >= 0.6 is 0 Å². The van der Waals surface area contributed by atoms with E-state index >= 15 is 0 Å². The van der Waals surface area contributed by atoms with Gasteiger partial charge in [0, 0.05) is 35.6 Å². The second-order valence-corrected chi connectivity index (χ2v) is 4.49. The van der Waals surface area contributed by atoms with Crippen LogP contribution in [-0.4, -0.2) is 22.6 Å². The number of aromatic nitrogens is 1. The minimum absolute atomic E-state index is 0.0450. The Hall–Kier alpha value is -1.81. The van der Waals surface area contributed by atoms with Crippen molar-refractivity contribution in [1.82, 2.24) is 10.3 Å². The molecule has 4 nitrogen and oxygen atoms in total. The first-order chi connectivity index (χ1) is 8.25. The number of fused-ring (bicyclic) bond motifs is 3. The molecule has 1 aromatic heterocycles. The minimum Gasteiger partial charge on any atom is -0.481 e. The Bertz CT molecular complexity index is 574. The molecule has 4 heteroatoms. The molecule has 1 unspecified atom stereocenters. The molecule has 0 aliphatic carbocycles. The van der Waals surface area contributed by atoms with E-state index in [0.717, 1.165) is 24.3 Å². The average molecular weight is 230 g/mol. The van der Waals surface area contributed by atoms with Crippen LogP contribution in [0.2, 0.25) is 0 Å². The van der Waals surface area contributed by atoms with Crippen LogP contribution in [0.3, 0.4) is 0 Å². The molecule has 1 aromatic carbocycles. The number of aromatic amines is 1. The molecule has 0 saturated carbocycles. The zero-order chi connectivity index (χ0) is 11.8. The molecule has 1 atom stereocenters. The molecule has 88 valence electrons. The lowest BCUT2D eigenvalue weighted by molar-refractivity contribution is -0.137. The van der Waals surface area contributed by atoms with Crippen LogP contribution in [0.25, 0.3) is 10.9 Å². The van der Waals surface area contributed by atoms with Crippen molar-refractivity contribution >= 4 is 16.9 Å². The predicted octanol–water partition coefficient (Wildman–Crippen LogP) is 1.83. The van der Waals surface area contributed by atoms with Gasteiger partial charge in [0.2, 0.25) is 0 Å². The third-order valence-corrected chi connectivity index (χ3v) is 3.37. The smallest absolute Gasteiger partial charge is 0.304 e. The maximum atomic E-state index is 10.9. The molecule has 1 aliphatic rings. The number of nitrogens with one attached hydrogen (secondary N) is 2. The lowest BCUT2D eigenvalue weighted by Gasteiger charge is -2.22. The molecular weight excluding hydrogens is 216 g/mol. The Labute approximate surface area is 98.6 Å².